The van der Waals surface area contributed by atoms with Crippen molar-refractivity contribution in [3.05, 3.63) is 36.4 Å². The van der Waals surface area contributed by atoms with Crippen LogP contribution in [0.4, 0.5) is 11.8 Å². The van der Waals surface area contributed by atoms with E-state index in [0.29, 0.717) is 6.04 Å². The molecule has 1 heterocycles. The minimum atomic E-state index is 0.554. The minimum absolute atomic E-state index is 0.554. The first-order valence-corrected chi connectivity index (χ1v) is 8.76. The molecule has 1 saturated carbocycles. The normalized spacial score (nSPS) is 14.9. The largest absolute Gasteiger partial charge is 0.367 e. The minimum Gasteiger partial charge on any atom is -0.367 e. The van der Waals surface area contributed by atoms with Gasteiger partial charge in [0.25, 0.3) is 0 Å². The van der Waals surface area contributed by atoms with E-state index in [2.05, 4.69) is 54.4 Å². The standard InChI is InChI=1S/C19H26N4/c1-3-23(4-2)19-21-17(15-10-6-5-7-11-15)14-18(22-19)20-16-12-8-9-13-16/h5-7,10-11,14,16H,3-4,8-9,12-13H2,1-2H3,(H,20,21,22). The Bertz CT molecular complexity index is 617. The molecule has 0 unspecified atom stereocenters. The molecule has 0 spiro atoms. The van der Waals surface area contributed by atoms with Crippen molar-refractivity contribution in [2.75, 3.05) is 23.3 Å². The maximum atomic E-state index is 4.80. The quantitative estimate of drug-likeness (QED) is 0.861. The van der Waals surface area contributed by atoms with Crippen molar-refractivity contribution in [1.29, 1.82) is 0 Å². The molecule has 2 aromatic rings. The SMILES string of the molecule is CCN(CC)c1nc(NC2CCCC2)cc(-c2ccccc2)n1. The Kier molecular flexibility index (Phi) is 5.11. The number of rotatable bonds is 6. The van der Waals surface area contributed by atoms with Crippen LogP contribution in [0.5, 0.6) is 0 Å². The number of hydrogen-bond acceptors (Lipinski definition) is 4. The van der Waals surface area contributed by atoms with Gasteiger partial charge in [-0.3, -0.25) is 0 Å². The van der Waals surface area contributed by atoms with Crippen LogP contribution in [-0.2, 0) is 0 Å². The Hall–Kier alpha value is -2.10. The van der Waals surface area contributed by atoms with Gasteiger partial charge in [-0.25, -0.2) is 4.98 Å². The predicted octanol–water partition coefficient (Wildman–Crippen LogP) is 4.34. The molecule has 1 N–H and O–H groups in total. The van der Waals surface area contributed by atoms with Gasteiger partial charge in [0, 0.05) is 30.8 Å². The van der Waals surface area contributed by atoms with Gasteiger partial charge in [-0.2, -0.15) is 4.98 Å². The molecule has 122 valence electrons. The fourth-order valence-corrected chi connectivity index (χ4v) is 3.19. The number of hydrogen-bond donors (Lipinski definition) is 1. The summed E-state index contributed by atoms with van der Waals surface area (Å²) in [5.74, 6) is 1.77. The second-order valence-electron chi connectivity index (χ2n) is 6.10. The molecule has 4 heteroatoms. The summed E-state index contributed by atoms with van der Waals surface area (Å²) in [5, 5.41) is 3.62. The van der Waals surface area contributed by atoms with Crippen LogP contribution < -0.4 is 10.2 Å². The van der Waals surface area contributed by atoms with E-state index in [-0.39, 0.29) is 0 Å². The number of benzene rings is 1. The third-order valence-corrected chi connectivity index (χ3v) is 4.54. The monoisotopic (exact) mass is 310 g/mol. The Balaban J connectivity index is 1.95. The van der Waals surface area contributed by atoms with E-state index in [1.807, 2.05) is 6.07 Å². The molecule has 0 aliphatic heterocycles. The van der Waals surface area contributed by atoms with Crippen molar-refractivity contribution in [3.63, 3.8) is 0 Å². The zero-order chi connectivity index (χ0) is 16.1. The molecule has 1 aliphatic rings. The summed E-state index contributed by atoms with van der Waals surface area (Å²) in [6.07, 6.45) is 5.12. The second-order valence-corrected chi connectivity index (χ2v) is 6.10. The van der Waals surface area contributed by atoms with Gasteiger partial charge in [0.2, 0.25) is 5.95 Å². The molecule has 4 nitrogen and oxygen atoms in total. The van der Waals surface area contributed by atoms with E-state index < -0.39 is 0 Å². The van der Waals surface area contributed by atoms with Gasteiger partial charge >= 0.3 is 0 Å². The third kappa shape index (κ3) is 3.81. The molecule has 1 fully saturated rings. The first kappa shape index (κ1) is 15.8. The van der Waals surface area contributed by atoms with E-state index in [1.54, 1.807) is 0 Å². The fraction of sp³-hybridized carbons (Fsp3) is 0.474. The molecule has 23 heavy (non-hydrogen) atoms. The molecule has 0 radical (unpaired) electrons. The van der Waals surface area contributed by atoms with Gasteiger partial charge in [-0.05, 0) is 26.7 Å². The van der Waals surface area contributed by atoms with Gasteiger partial charge in [0.05, 0.1) is 5.69 Å². The Morgan fingerprint density at radius 3 is 2.39 bits per heavy atom. The van der Waals surface area contributed by atoms with Crippen LogP contribution in [0.25, 0.3) is 11.3 Å². The van der Waals surface area contributed by atoms with Crippen molar-refractivity contribution in [2.24, 2.45) is 0 Å². The van der Waals surface area contributed by atoms with Crippen LogP contribution in [0.1, 0.15) is 39.5 Å². The van der Waals surface area contributed by atoms with Crippen LogP contribution in [0, 0.1) is 0 Å². The van der Waals surface area contributed by atoms with Crippen LogP contribution in [0.15, 0.2) is 36.4 Å². The molecule has 0 saturated heterocycles. The molecule has 0 atom stereocenters. The highest BCUT2D eigenvalue weighted by atomic mass is 15.3. The molecule has 0 bridgehead atoms. The van der Waals surface area contributed by atoms with Crippen molar-refractivity contribution in [3.8, 4) is 11.3 Å². The van der Waals surface area contributed by atoms with Crippen molar-refractivity contribution in [2.45, 2.75) is 45.6 Å². The topological polar surface area (TPSA) is 41.1 Å². The third-order valence-electron chi connectivity index (χ3n) is 4.54. The first-order chi connectivity index (χ1) is 11.3. The zero-order valence-electron chi connectivity index (χ0n) is 14.1. The van der Waals surface area contributed by atoms with Gasteiger partial charge in [-0.1, -0.05) is 43.2 Å². The Labute approximate surface area is 139 Å². The van der Waals surface area contributed by atoms with Crippen molar-refractivity contribution < 1.29 is 0 Å². The molecule has 1 aromatic carbocycles. The van der Waals surface area contributed by atoms with Crippen molar-refractivity contribution in [1.82, 2.24) is 9.97 Å². The average Bonchev–Trinajstić information content (AvgIpc) is 3.10. The highest BCUT2D eigenvalue weighted by Crippen LogP contribution is 2.26. The smallest absolute Gasteiger partial charge is 0.227 e. The molecule has 1 aromatic heterocycles. The maximum Gasteiger partial charge on any atom is 0.227 e. The van der Waals surface area contributed by atoms with E-state index in [9.17, 15) is 0 Å². The van der Waals surface area contributed by atoms with Crippen LogP contribution in [-0.4, -0.2) is 29.1 Å². The summed E-state index contributed by atoms with van der Waals surface area (Å²) >= 11 is 0. The summed E-state index contributed by atoms with van der Waals surface area (Å²) in [4.78, 5) is 11.8. The summed E-state index contributed by atoms with van der Waals surface area (Å²) in [7, 11) is 0. The van der Waals surface area contributed by atoms with E-state index in [1.165, 1.54) is 25.7 Å². The highest BCUT2D eigenvalue weighted by Gasteiger charge is 2.17. The lowest BCUT2D eigenvalue weighted by Crippen LogP contribution is -2.25. The molecule has 1 aliphatic carbocycles. The number of anilines is 2. The van der Waals surface area contributed by atoms with E-state index in [4.69, 9.17) is 9.97 Å². The van der Waals surface area contributed by atoms with Crippen LogP contribution >= 0.6 is 0 Å². The van der Waals surface area contributed by atoms with Gasteiger partial charge in [0.15, 0.2) is 0 Å². The summed E-state index contributed by atoms with van der Waals surface area (Å²) in [5.41, 5.74) is 2.13. The highest BCUT2D eigenvalue weighted by molar-refractivity contribution is 5.64. The lowest BCUT2D eigenvalue weighted by molar-refractivity contribution is 0.747. The van der Waals surface area contributed by atoms with Gasteiger partial charge in [-0.15, -0.1) is 0 Å². The Morgan fingerprint density at radius 2 is 1.74 bits per heavy atom. The number of nitrogens with one attached hydrogen (secondary N) is 1. The molecule has 0 amide bonds. The fourth-order valence-electron chi connectivity index (χ4n) is 3.19. The number of aromatic nitrogens is 2. The lowest BCUT2D eigenvalue weighted by atomic mass is 10.1. The van der Waals surface area contributed by atoms with Crippen LogP contribution in [0.2, 0.25) is 0 Å². The maximum absolute atomic E-state index is 4.80. The van der Waals surface area contributed by atoms with E-state index in [0.717, 1.165) is 36.1 Å². The first-order valence-electron chi connectivity index (χ1n) is 8.76. The summed E-state index contributed by atoms with van der Waals surface area (Å²) in [6, 6.07) is 13.0. The molecule has 3 rings (SSSR count). The summed E-state index contributed by atoms with van der Waals surface area (Å²) in [6.45, 7) is 6.12. The zero-order valence-corrected chi connectivity index (χ0v) is 14.1. The Morgan fingerprint density at radius 1 is 1.04 bits per heavy atom. The lowest BCUT2D eigenvalue weighted by Gasteiger charge is -2.21. The van der Waals surface area contributed by atoms with Crippen molar-refractivity contribution >= 4 is 11.8 Å². The molecular weight excluding hydrogens is 284 g/mol. The molecular formula is C19H26N4. The van der Waals surface area contributed by atoms with Gasteiger partial charge in [0.1, 0.15) is 5.82 Å². The van der Waals surface area contributed by atoms with Gasteiger partial charge < -0.3 is 10.2 Å². The second kappa shape index (κ2) is 7.44. The predicted molar refractivity (Wildman–Crippen MR) is 96.9 cm³/mol. The number of nitrogens with zero attached hydrogens (tertiary/aromatic N) is 3. The average molecular weight is 310 g/mol. The van der Waals surface area contributed by atoms with Crippen LogP contribution in [0.3, 0.4) is 0 Å². The van der Waals surface area contributed by atoms with E-state index >= 15 is 0 Å². The summed E-state index contributed by atoms with van der Waals surface area (Å²) < 4.78 is 0.